The summed E-state index contributed by atoms with van der Waals surface area (Å²) in [6, 6.07) is 40.7. The Morgan fingerprint density at radius 2 is 1.27 bits per heavy atom. The van der Waals surface area contributed by atoms with E-state index in [2.05, 4.69) is 83.3 Å². The number of para-hydroxylation sites is 3. The molecule has 0 aliphatic rings. The summed E-state index contributed by atoms with van der Waals surface area (Å²) in [6.07, 6.45) is 0. The molecule has 0 aliphatic heterocycles. The van der Waals surface area contributed by atoms with Crippen LogP contribution in [0.25, 0.3) is 93.2 Å². The summed E-state index contributed by atoms with van der Waals surface area (Å²) in [7, 11) is 0. The van der Waals surface area contributed by atoms with Gasteiger partial charge in [-0.2, -0.15) is 0 Å². The zero-order valence-electron chi connectivity index (χ0n) is 21.2. The van der Waals surface area contributed by atoms with Gasteiger partial charge in [0.05, 0.1) is 22.1 Å². The number of hydrogen-bond donors (Lipinski definition) is 0. The molecule has 184 valence electrons. The molecular formula is C36H19N3O. The summed E-state index contributed by atoms with van der Waals surface area (Å²) in [5.74, 6) is 0. The molecule has 0 radical (unpaired) electrons. The van der Waals surface area contributed by atoms with Gasteiger partial charge in [0.25, 0.3) is 0 Å². The van der Waals surface area contributed by atoms with E-state index in [0.29, 0.717) is 0 Å². The van der Waals surface area contributed by atoms with Crippen molar-refractivity contribution < 1.29 is 4.42 Å². The fraction of sp³-hybridized carbons (Fsp3) is 0. The summed E-state index contributed by atoms with van der Waals surface area (Å²) in [5.41, 5.74) is 10.0. The van der Waals surface area contributed by atoms with E-state index in [1.807, 2.05) is 36.4 Å². The minimum atomic E-state index is 0.886. The lowest BCUT2D eigenvalue weighted by Crippen LogP contribution is -1.88. The number of aromatic nitrogens is 3. The highest BCUT2D eigenvalue weighted by Crippen LogP contribution is 2.43. The Labute approximate surface area is 227 Å². The maximum absolute atomic E-state index is 6.32. The van der Waals surface area contributed by atoms with Crippen LogP contribution in [0.5, 0.6) is 0 Å². The van der Waals surface area contributed by atoms with E-state index in [-0.39, 0.29) is 0 Å². The first-order valence-electron chi connectivity index (χ1n) is 13.5. The largest absolute Gasteiger partial charge is 0.456 e. The van der Waals surface area contributed by atoms with Gasteiger partial charge in [0.2, 0.25) is 0 Å². The second kappa shape index (κ2) is 7.13. The average molecular weight is 510 g/mol. The van der Waals surface area contributed by atoms with Crippen LogP contribution in [0, 0.1) is 0 Å². The molecule has 0 unspecified atom stereocenters. The molecule has 4 heterocycles. The molecule has 10 aromatic rings. The number of benzene rings is 6. The Bertz CT molecular complexity index is 2660. The molecule has 4 nitrogen and oxygen atoms in total. The van der Waals surface area contributed by atoms with Crippen molar-refractivity contribution in [3.05, 3.63) is 115 Å². The molecular weight excluding hydrogens is 490 g/mol. The van der Waals surface area contributed by atoms with Crippen LogP contribution in [-0.4, -0.2) is 14.4 Å². The van der Waals surface area contributed by atoms with E-state index in [1.165, 1.54) is 27.3 Å². The molecule has 0 amide bonds. The lowest BCUT2D eigenvalue weighted by Gasteiger charge is -2.06. The molecule has 0 saturated heterocycles. The number of hydrogen-bond acceptors (Lipinski definition) is 3. The van der Waals surface area contributed by atoms with Gasteiger partial charge < -0.3 is 4.42 Å². The zero-order chi connectivity index (χ0) is 25.9. The van der Waals surface area contributed by atoms with Gasteiger partial charge in [-0.1, -0.05) is 66.7 Å². The van der Waals surface area contributed by atoms with Crippen LogP contribution in [0.1, 0.15) is 0 Å². The minimum Gasteiger partial charge on any atom is -0.456 e. The lowest BCUT2D eigenvalue weighted by atomic mass is 9.98. The summed E-state index contributed by atoms with van der Waals surface area (Å²) in [5, 5.41) is 8.16. The molecule has 0 bridgehead atoms. The Balaban J connectivity index is 1.41. The fourth-order valence-electron chi connectivity index (χ4n) is 6.63. The van der Waals surface area contributed by atoms with Crippen LogP contribution in [0.3, 0.4) is 0 Å². The Morgan fingerprint density at radius 3 is 2.20 bits per heavy atom. The zero-order valence-corrected chi connectivity index (χ0v) is 21.2. The van der Waals surface area contributed by atoms with Gasteiger partial charge in [0.1, 0.15) is 16.7 Å². The third-order valence-electron chi connectivity index (χ3n) is 8.46. The lowest BCUT2D eigenvalue weighted by molar-refractivity contribution is 0.669. The van der Waals surface area contributed by atoms with Crippen molar-refractivity contribution in [2.24, 2.45) is 0 Å². The monoisotopic (exact) mass is 509 g/mol. The maximum atomic E-state index is 6.32. The molecule has 0 atom stereocenters. The van der Waals surface area contributed by atoms with E-state index in [1.54, 1.807) is 0 Å². The highest BCUT2D eigenvalue weighted by Gasteiger charge is 2.22. The molecule has 0 N–H and O–H groups in total. The SMILES string of the molecule is c1ccc2cc(-c3cc4c5cc6oc7ccccc7c6cc5n5c6nc7ccccc7nc6c(c3)c45)ccc2c1. The van der Waals surface area contributed by atoms with E-state index in [0.717, 1.165) is 65.9 Å². The van der Waals surface area contributed by atoms with Gasteiger partial charge in [-0.05, 0) is 70.4 Å². The van der Waals surface area contributed by atoms with Gasteiger partial charge in [-0.25, -0.2) is 9.97 Å². The first-order chi connectivity index (χ1) is 19.8. The molecule has 0 aliphatic carbocycles. The molecule has 4 aromatic heterocycles. The van der Waals surface area contributed by atoms with Crippen molar-refractivity contribution in [1.82, 2.24) is 14.4 Å². The first kappa shape index (κ1) is 20.5. The highest BCUT2D eigenvalue weighted by molar-refractivity contribution is 6.26. The average Bonchev–Trinajstić information content (AvgIpc) is 3.64. The molecule has 0 fully saturated rings. The summed E-state index contributed by atoms with van der Waals surface area (Å²) in [6.45, 7) is 0. The minimum absolute atomic E-state index is 0.886. The summed E-state index contributed by atoms with van der Waals surface area (Å²) >= 11 is 0. The molecule has 6 aromatic carbocycles. The fourth-order valence-corrected chi connectivity index (χ4v) is 6.63. The molecule has 0 spiro atoms. The van der Waals surface area contributed by atoms with Gasteiger partial charge in [-0.3, -0.25) is 4.40 Å². The van der Waals surface area contributed by atoms with Crippen LogP contribution >= 0.6 is 0 Å². The normalized spacial score (nSPS) is 12.5. The van der Waals surface area contributed by atoms with Crippen molar-refractivity contribution in [1.29, 1.82) is 0 Å². The van der Waals surface area contributed by atoms with E-state index >= 15 is 0 Å². The summed E-state index contributed by atoms with van der Waals surface area (Å²) in [4.78, 5) is 10.3. The standard InChI is InChI=1S/C36H19N3O/c1-2-8-21-15-22(14-13-20(21)7-1)23-16-27-25-19-33-26(24-9-3-6-12-32(24)40-33)18-31(25)39-35(27)28(17-23)34-36(39)38-30-11-5-4-10-29(30)37-34/h1-19H. The van der Waals surface area contributed by atoms with Crippen LogP contribution < -0.4 is 0 Å². The van der Waals surface area contributed by atoms with Crippen molar-refractivity contribution in [3.8, 4) is 11.1 Å². The number of fused-ring (bicyclic) bond motifs is 11. The third kappa shape index (κ3) is 2.55. The quantitative estimate of drug-likeness (QED) is 0.221. The second-order valence-corrected chi connectivity index (χ2v) is 10.7. The van der Waals surface area contributed by atoms with E-state index < -0.39 is 0 Å². The van der Waals surface area contributed by atoms with Crippen LogP contribution in [-0.2, 0) is 0 Å². The van der Waals surface area contributed by atoms with Crippen LogP contribution in [0.15, 0.2) is 120 Å². The maximum Gasteiger partial charge on any atom is 0.165 e. The number of furan rings is 1. The van der Waals surface area contributed by atoms with Crippen molar-refractivity contribution in [2.75, 3.05) is 0 Å². The highest BCUT2D eigenvalue weighted by atomic mass is 16.3. The van der Waals surface area contributed by atoms with Gasteiger partial charge in [0.15, 0.2) is 5.65 Å². The third-order valence-corrected chi connectivity index (χ3v) is 8.46. The molecule has 10 rings (SSSR count). The van der Waals surface area contributed by atoms with E-state index in [9.17, 15) is 0 Å². The Morgan fingerprint density at radius 1 is 0.500 bits per heavy atom. The van der Waals surface area contributed by atoms with Crippen molar-refractivity contribution >= 4 is 82.1 Å². The van der Waals surface area contributed by atoms with Gasteiger partial charge in [0, 0.05) is 26.9 Å². The van der Waals surface area contributed by atoms with Gasteiger partial charge in [-0.15, -0.1) is 0 Å². The molecule has 4 heteroatoms. The van der Waals surface area contributed by atoms with Crippen LogP contribution in [0.2, 0.25) is 0 Å². The van der Waals surface area contributed by atoms with Gasteiger partial charge >= 0.3 is 0 Å². The predicted octanol–water partition coefficient (Wildman–Crippen LogP) is 9.50. The van der Waals surface area contributed by atoms with E-state index in [4.69, 9.17) is 14.4 Å². The van der Waals surface area contributed by atoms with Crippen molar-refractivity contribution in [3.63, 3.8) is 0 Å². The first-order valence-corrected chi connectivity index (χ1v) is 13.5. The second-order valence-electron chi connectivity index (χ2n) is 10.7. The molecule has 40 heavy (non-hydrogen) atoms. The smallest absolute Gasteiger partial charge is 0.165 e. The summed E-state index contributed by atoms with van der Waals surface area (Å²) < 4.78 is 8.63. The van der Waals surface area contributed by atoms with Crippen molar-refractivity contribution in [2.45, 2.75) is 0 Å². The molecule has 0 saturated carbocycles. The predicted molar refractivity (Wildman–Crippen MR) is 164 cm³/mol. The Kier molecular flexibility index (Phi) is 3.65. The topological polar surface area (TPSA) is 43.3 Å². The Hall–Kier alpha value is -5.48. The number of nitrogens with zero attached hydrogens (tertiary/aromatic N) is 3. The van der Waals surface area contributed by atoms with Crippen LogP contribution in [0.4, 0.5) is 0 Å². The number of rotatable bonds is 1.